The molecular formula is C24H25N3O7S2. The van der Waals surface area contributed by atoms with Crippen molar-refractivity contribution in [1.82, 2.24) is 14.7 Å². The van der Waals surface area contributed by atoms with Crippen molar-refractivity contribution in [2.45, 2.75) is 30.1 Å². The first-order chi connectivity index (χ1) is 17.2. The standard InChI is InChI=1S/C24H25N3O7S2/c1-26(13-15-6-4-3-5-7-15)24(30)19-12-16-14-27(20(23(29)25-31)21(28)22(16)35-19)36(32,33)18-10-8-17(34-2)9-11-18/h3-12,20-21,28,31H,13-14H2,1-2H3,(H,25,29)/t20-,21-/m1/s1. The number of carbonyl (C=O) groups excluding carboxylic acids is 2. The number of amides is 2. The Labute approximate surface area is 212 Å². The highest BCUT2D eigenvalue weighted by atomic mass is 32.2. The van der Waals surface area contributed by atoms with Gasteiger partial charge < -0.3 is 14.7 Å². The normalized spacial score (nSPS) is 17.8. The minimum Gasteiger partial charge on any atom is -0.497 e. The Balaban J connectivity index is 1.67. The van der Waals surface area contributed by atoms with Crippen LogP contribution in [-0.2, 0) is 27.9 Å². The van der Waals surface area contributed by atoms with Gasteiger partial charge in [-0.1, -0.05) is 30.3 Å². The van der Waals surface area contributed by atoms with Gasteiger partial charge in [0, 0.05) is 25.0 Å². The molecule has 2 atom stereocenters. The number of sulfonamides is 1. The minimum absolute atomic E-state index is 0.121. The topological polar surface area (TPSA) is 136 Å². The molecule has 3 N–H and O–H groups in total. The van der Waals surface area contributed by atoms with E-state index in [0.29, 0.717) is 27.6 Å². The summed E-state index contributed by atoms with van der Waals surface area (Å²) in [6.45, 7) is 0.0866. The van der Waals surface area contributed by atoms with Crippen LogP contribution in [0.2, 0.25) is 0 Å². The van der Waals surface area contributed by atoms with Gasteiger partial charge >= 0.3 is 0 Å². The highest BCUT2D eigenvalue weighted by Gasteiger charge is 2.46. The van der Waals surface area contributed by atoms with E-state index in [2.05, 4.69) is 0 Å². The molecule has 0 aliphatic carbocycles. The van der Waals surface area contributed by atoms with Crippen LogP contribution in [0.3, 0.4) is 0 Å². The molecule has 4 rings (SSSR count). The van der Waals surface area contributed by atoms with Crippen LogP contribution >= 0.6 is 11.3 Å². The Hall–Kier alpha value is -3.29. The highest BCUT2D eigenvalue weighted by Crippen LogP contribution is 2.40. The summed E-state index contributed by atoms with van der Waals surface area (Å²) >= 11 is 0.995. The smallest absolute Gasteiger partial charge is 0.264 e. The van der Waals surface area contributed by atoms with Crippen molar-refractivity contribution in [3.8, 4) is 5.75 Å². The molecule has 0 bridgehead atoms. The average Bonchev–Trinajstić information content (AvgIpc) is 3.33. The number of nitrogens with zero attached hydrogens (tertiary/aromatic N) is 2. The Morgan fingerprint density at radius 2 is 1.83 bits per heavy atom. The molecule has 2 amide bonds. The second-order valence-corrected chi connectivity index (χ2v) is 11.2. The zero-order valence-corrected chi connectivity index (χ0v) is 21.1. The van der Waals surface area contributed by atoms with Crippen LogP contribution in [-0.4, -0.2) is 60.0 Å². The summed E-state index contributed by atoms with van der Waals surface area (Å²) < 4.78 is 32.8. The van der Waals surface area contributed by atoms with Gasteiger partial charge in [-0.3, -0.25) is 14.8 Å². The summed E-state index contributed by atoms with van der Waals surface area (Å²) in [7, 11) is -1.19. The summed E-state index contributed by atoms with van der Waals surface area (Å²) in [6, 6.07) is 14.9. The van der Waals surface area contributed by atoms with Crippen LogP contribution in [0.15, 0.2) is 65.6 Å². The number of ether oxygens (including phenoxy) is 1. The van der Waals surface area contributed by atoms with Crippen LogP contribution in [0.4, 0.5) is 0 Å². The number of aliphatic hydroxyl groups is 1. The Bertz CT molecular complexity index is 1360. The third-order valence-electron chi connectivity index (χ3n) is 5.91. The molecule has 3 aromatic rings. The lowest BCUT2D eigenvalue weighted by molar-refractivity contribution is -0.137. The van der Waals surface area contributed by atoms with Crippen LogP contribution in [0.1, 0.15) is 31.8 Å². The van der Waals surface area contributed by atoms with Crippen LogP contribution in [0, 0.1) is 0 Å². The summed E-state index contributed by atoms with van der Waals surface area (Å²) in [6.07, 6.45) is -1.60. The summed E-state index contributed by atoms with van der Waals surface area (Å²) in [5, 5.41) is 20.3. The van der Waals surface area contributed by atoms with Gasteiger partial charge in [-0.25, -0.2) is 13.9 Å². The van der Waals surface area contributed by atoms with Gasteiger partial charge in [0.1, 0.15) is 17.9 Å². The monoisotopic (exact) mass is 531 g/mol. The SMILES string of the molecule is COc1ccc(S(=O)(=O)N2Cc3cc(C(=O)N(C)Cc4ccccc4)sc3[C@H](O)[C@@H]2C(=O)NO)cc1. The third kappa shape index (κ3) is 4.86. The lowest BCUT2D eigenvalue weighted by atomic mass is 10.0. The van der Waals surface area contributed by atoms with Gasteiger partial charge in [0.15, 0.2) is 0 Å². The van der Waals surface area contributed by atoms with E-state index in [0.717, 1.165) is 21.2 Å². The van der Waals surface area contributed by atoms with E-state index < -0.39 is 28.1 Å². The number of rotatable bonds is 7. The van der Waals surface area contributed by atoms with Gasteiger partial charge in [0.25, 0.3) is 11.8 Å². The molecule has 0 fully saturated rings. The number of carbonyl (C=O) groups is 2. The third-order valence-corrected chi connectivity index (χ3v) is 8.99. The number of hydrogen-bond donors (Lipinski definition) is 3. The largest absolute Gasteiger partial charge is 0.497 e. The van der Waals surface area contributed by atoms with Crippen molar-refractivity contribution in [3.63, 3.8) is 0 Å². The molecule has 0 unspecified atom stereocenters. The molecule has 0 radical (unpaired) electrons. The van der Waals surface area contributed by atoms with Crippen molar-refractivity contribution in [2.24, 2.45) is 0 Å². The second kappa shape index (κ2) is 10.4. The summed E-state index contributed by atoms with van der Waals surface area (Å²) in [5.41, 5.74) is 2.79. The minimum atomic E-state index is -4.28. The van der Waals surface area contributed by atoms with E-state index in [1.165, 1.54) is 47.8 Å². The van der Waals surface area contributed by atoms with E-state index in [1.807, 2.05) is 30.3 Å². The van der Waals surface area contributed by atoms with Crippen molar-refractivity contribution >= 4 is 33.2 Å². The van der Waals surface area contributed by atoms with E-state index in [-0.39, 0.29) is 17.3 Å². The molecule has 2 aromatic carbocycles. The predicted molar refractivity (Wildman–Crippen MR) is 131 cm³/mol. The van der Waals surface area contributed by atoms with Gasteiger partial charge in [-0.05, 0) is 41.5 Å². The second-order valence-electron chi connectivity index (χ2n) is 8.24. The fraction of sp³-hybridized carbons (Fsp3) is 0.250. The first-order valence-electron chi connectivity index (χ1n) is 10.9. The van der Waals surface area contributed by atoms with Crippen LogP contribution < -0.4 is 10.2 Å². The van der Waals surface area contributed by atoms with Gasteiger partial charge in [-0.2, -0.15) is 4.31 Å². The molecule has 190 valence electrons. The Kier molecular flexibility index (Phi) is 7.43. The number of aliphatic hydroxyl groups excluding tert-OH is 1. The van der Waals surface area contributed by atoms with E-state index >= 15 is 0 Å². The molecule has 1 aliphatic heterocycles. The number of fused-ring (bicyclic) bond motifs is 1. The van der Waals surface area contributed by atoms with Crippen molar-refractivity contribution in [2.75, 3.05) is 14.2 Å². The number of thiophene rings is 1. The molecule has 12 heteroatoms. The van der Waals surface area contributed by atoms with E-state index in [9.17, 15) is 28.3 Å². The maximum absolute atomic E-state index is 13.5. The molecule has 0 saturated carbocycles. The molecule has 0 spiro atoms. The Morgan fingerprint density at radius 1 is 1.17 bits per heavy atom. The summed E-state index contributed by atoms with van der Waals surface area (Å²) in [5.74, 6) is -0.953. The highest BCUT2D eigenvalue weighted by molar-refractivity contribution is 7.89. The number of hydroxylamine groups is 1. The number of methoxy groups -OCH3 is 1. The first-order valence-corrected chi connectivity index (χ1v) is 13.1. The zero-order valence-electron chi connectivity index (χ0n) is 19.5. The Morgan fingerprint density at radius 3 is 2.44 bits per heavy atom. The molecule has 2 heterocycles. The van der Waals surface area contributed by atoms with Crippen molar-refractivity contribution in [1.29, 1.82) is 0 Å². The fourth-order valence-corrected chi connectivity index (χ4v) is 6.82. The number of nitrogens with one attached hydrogen (secondary N) is 1. The predicted octanol–water partition coefficient (Wildman–Crippen LogP) is 2.14. The zero-order chi connectivity index (χ0) is 26.0. The lowest BCUT2D eigenvalue weighted by Gasteiger charge is -2.36. The maximum atomic E-state index is 13.5. The van der Waals surface area contributed by atoms with Crippen LogP contribution in [0.5, 0.6) is 5.75 Å². The first kappa shape index (κ1) is 25.8. The lowest BCUT2D eigenvalue weighted by Crippen LogP contribution is -2.53. The maximum Gasteiger partial charge on any atom is 0.264 e. The molecule has 10 nitrogen and oxygen atoms in total. The number of benzene rings is 2. The van der Waals surface area contributed by atoms with Gasteiger partial charge in [0.05, 0.1) is 16.9 Å². The molecular weight excluding hydrogens is 506 g/mol. The average molecular weight is 532 g/mol. The van der Waals surface area contributed by atoms with Crippen LogP contribution in [0.25, 0.3) is 0 Å². The molecule has 1 aliphatic rings. The summed E-state index contributed by atoms with van der Waals surface area (Å²) in [4.78, 5) is 27.6. The van der Waals surface area contributed by atoms with Crippen molar-refractivity contribution < 1.29 is 33.1 Å². The van der Waals surface area contributed by atoms with E-state index in [4.69, 9.17) is 4.74 Å². The molecule has 36 heavy (non-hydrogen) atoms. The fourth-order valence-electron chi connectivity index (χ4n) is 4.06. The van der Waals surface area contributed by atoms with Gasteiger partial charge in [0.2, 0.25) is 10.0 Å². The van der Waals surface area contributed by atoms with E-state index in [1.54, 1.807) is 7.05 Å². The van der Waals surface area contributed by atoms with Crippen molar-refractivity contribution in [3.05, 3.63) is 81.5 Å². The molecule has 1 aromatic heterocycles. The molecule has 0 saturated heterocycles. The quantitative estimate of drug-likeness (QED) is 0.314. The van der Waals surface area contributed by atoms with Gasteiger partial charge in [-0.15, -0.1) is 11.3 Å². The number of hydrogen-bond acceptors (Lipinski definition) is 8.